The van der Waals surface area contributed by atoms with E-state index in [1.807, 2.05) is 48.5 Å². The molecule has 2 aromatic rings. The van der Waals surface area contributed by atoms with E-state index in [1.165, 1.54) is 0 Å². The number of nitrogens with two attached hydrogens (primary N) is 1. The molecule has 2 rings (SSSR count). The van der Waals surface area contributed by atoms with E-state index in [-0.39, 0.29) is 5.11 Å². The van der Waals surface area contributed by atoms with Crippen LogP contribution in [0.1, 0.15) is 11.1 Å². The van der Waals surface area contributed by atoms with Gasteiger partial charge in [-0.1, -0.05) is 28.1 Å². The molecule has 0 fully saturated rings. The lowest BCUT2D eigenvalue weighted by Gasteiger charge is -2.06. The zero-order valence-corrected chi connectivity index (χ0v) is 13.5. The van der Waals surface area contributed by atoms with E-state index in [0.29, 0.717) is 6.61 Å². The Labute approximate surface area is 137 Å². The molecule has 0 aliphatic carbocycles. The van der Waals surface area contributed by atoms with E-state index in [2.05, 4.69) is 38.7 Å². The third kappa shape index (κ3) is 5.53. The Morgan fingerprint density at radius 2 is 1.86 bits per heavy atom. The fourth-order valence-corrected chi connectivity index (χ4v) is 1.88. The molecule has 0 spiro atoms. The summed E-state index contributed by atoms with van der Waals surface area (Å²) in [6.07, 6.45) is 1.64. The number of nitrogens with zero attached hydrogens (tertiary/aromatic N) is 1. The summed E-state index contributed by atoms with van der Waals surface area (Å²) in [7, 11) is 0. The molecule has 0 saturated carbocycles. The molecular formula is C15H14BrN3OS. The minimum absolute atomic E-state index is 0.140. The van der Waals surface area contributed by atoms with Crippen molar-refractivity contribution in [3.8, 4) is 5.75 Å². The van der Waals surface area contributed by atoms with Gasteiger partial charge in [0, 0.05) is 4.47 Å². The van der Waals surface area contributed by atoms with Crippen LogP contribution in [0.15, 0.2) is 58.1 Å². The highest BCUT2D eigenvalue weighted by molar-refractivity contribution is 9.10. The molecule has 3 N–H and O–H groups in total. The second-order valence-electron chi connectivity index (χ2n) is 4.22. The van der Waals surface area contributed by atoms with Crippen molar-refractivity contribution in [1.29, 1.82) is 0 Å². The molecule has 0 atom stereocenters. The van der Waals surface area contributed by atoms with Gasteiger partial charge in [-0.2, -0.15) is 5.10 Å². The average Bonchev–Trinajstić information content (AvgIpc) is 2.48. The number of halogens is 1. The van der Waals surface area contributed by atoms with Crippen molar-refractivity contribution in [3.63, 3.8) is 0 Å². The highest BCUT2D eigenvalue weighted by Gasteiger charge is 1.97. The lowest BCUT2D eigenvalue weighted by molar-refractivity contribution is 0.306. The standard InChI is InChI=1S/C15H14BrN3OS/c16-13-5-1-12(2-6-13)10-20-14-7-3-11(4-8-14)9-18-19-15(17)21/h1-9H,10H2,(H3,17,19,21)/b18-9-. The number of hydrazone groups is 1. The molecule has 0 unspecified atom stereocenters. The minimum atomic E-state index is 0.140. The molecule has 0 aromatic heterocycles. The summed E-state index contributed by atoms with van der Waals surface area (Å²) in [5.41, 5.74) is 9.81. The molecule has 0 aliphatic heterocycles. The van der Waals surface area contributed by atoms with Crippen LogP contribution in [0.2, 0.25) is 0 Å². The van der Waals surface area contributed by atoms with E-state index in [4.69, 9.17) is 10.5 Å². The Balaban J connectivity index is 1.88. The number of benzene rings is 2. The van der Waals surface area contributed by atoms with Gasteiger partial charge in [0.25, 0.3) is 0 Å². The van der Waals surface area contributed by atoms with Gasteiger partial charge in [-0.3, -0.25) is 5.43 Å². The van der Waals surface area contributed by atoms with Crippen LogP contribution in [0.3, 0.4) is 0 Å². The highest BCUT2D eigenvalue weighted by Crippen LogP contribution is 2.15. The molecule has 0 saturated heterocycles. The van der Waals surface area contributed by atoms with Crippen LogP contribution >= 0.6 is 28.1 Å². The maximum absolute atomic E-state index is 5.71. The number of thiocarbonyl (C=S) groups is 1. The van der Waals surface area contributed by atoms with Crippen LogP contribution in [0.4, 0.5) is 0 Å². The zero-order chi connectivity index (χ0) is 15.1. The van der Waals surface area contributed by atoms with Crippen molar-refractivity contribution in [2.75, 3.05) is 0 Å². The smallest absolute Gasteiger partial charge is 0.184 e. The van der Waals surface area contributed by atoms with Gasteiger partial charge in [-0.05, 0) is 59.7 Å². The van der Waals surface area contributed by atoms with E-state index in [0.717, 1.165) is 21.3 Å². The summed E-state index contributed by atoms with van der Waals surface area (Å²) in [5, 5.41) is 4.03. The van der Waals surface area contributed by atoms with Gasteiger partial charge in [-0.15, -0.1) is 0 Å². The molecule has 108 valence electrons. The number of rotatable bonds is 5. The van der Waals surface area contributed by atoms with Crippen molar-refractivity contribution < 1.29 is 4.74 Å². The summed E-state index contributed by atoms with van der Waals surface area (Å²) in [6.45, 7) is 0.531. The molecule has 2 aromatic carbocycles. The van der Waals surface area contributed by atoms with E-state index in [9.17, 15) is 0 Å². The maximum Gasteiger partial charge on any atom is 0.184 e. The lowest BCUT2D eigenvalue weighted by Crippen LogP contribution is -2.23. The largest absolute Gasteiger partial charge is 0.489 e. The Kier molecular flexibility index (Phi) is 5.71. The monoisotopic (exact) mass is 363 g/mol. The summed E-state index contributed by atoms with van der Waals surface area (Å²) in [6, 6.07) is 15.6. The van der Waals surface area contributed by atoms with Gasteiger partial charge >= 0.3 is 0 Å². The van der Waals surface area contributed by atoms with Crippen molar-refractivity contribution in [1.82, 2.24) is 5.43 Å². The van der Waals surface area contributed by atoms with E-state index < -0.39 is 0 Å². The van der Waals surface area contributed by atoms with E-state index in [1.54, 1.807) is 6.21 Å². The summed E-state index contributed by atoms with van der Waals surface area (Å²) in [5.74, 6) is 0.803. The molecule has 6 heteroatoms. The number of ether oxygens (including phenoxy) is 1. The quantitative estimate of drug-likeness (QED) is 0.486. The third-order valence-electron chi connectivity index (χ3n) is 2.59. The fourth-order valence-electron chi connectivity index (χ4n) is 1.57. The zero-order valence-electron chi connectivity index (χ0n) is 11.1. The predicted molar refractivity (Wildman–Crippen MR) is 92.4 cm³/mol. The molecule has 0 aliphatic rings. The van der Waals surface area contributed by atoms with Crippen molar-refractivity contribution >= 4 is 39.5 Å². The summed E-state index contributed by atoms with van der Waals surface area (Å²) in [4.78, 5) is 0. The Bertz CT molecular complexity index is 626. The van der Waals surface area contributed by atoms with Gasteiger partial charge in [-0.25, -0.2) is 0 Å². The number of hydrogen-bond acceptors (Lipinski definition) is 3. The molecular weight excluding hydrogens is 350 g/mol. The van der Waals surface area contributed by atoms with Crippen molar-refractivity contribution in [2.45, 2.75) is 6.61 Å². The second kappa shape index (κ2) is 7.75. The molecule has 0 amide bonds. The molecule has 4 nitrogen and oxygen atoms in total. The first kappa shape index (κ1) is 15.5. The van der Waals surface area contributed by atoms with Crippen LogP contribution in [-0.4, -0.2) is 11.3 Å². The van der Waals surface area contributed by atoms with Crippen LogP contribution in [0.5, 0.6) is 5.75 Å². The van der Waals surface area contributed by atoms with Crippen molar-refractivity contribution in [3.05, 3.63) is 64.1 Å². The van der Waals surface area contributed by atoms with Crippen LogP contribution in [-0.2, 0) is 6.61 Å². The van der Waals surface area contributed by atoms with Crippen LogP contribution < -0.4 is 15.9 Å². The predicted octanol–water partition coefficient (Wildman–Crippen LogP) is 3.20. The SMILES string of the molecule is NC(=S)N/N=C\c1ccc(OCc2ccc(Br)cc2)cc1. The maximum atomic E-state index is 5.71. The second-order valence-corrected chi connectivity index (χ2v) is 5.57. The molecule has 21 heavy (non-hydrogen) atoms. The van der Waals surface area contributed by atoms with Gasteiger partial charge in [0.15, 0.2) is 5.11 Å². The van der Waals surface area contributed by atoms with Crippen LogP contribution in [0.25, 0.3) is 0 Å². The number of nitrogens with one attached hydrogen (secondary N) is 1. The number of hydrogen-bond donors (Lipinski definition) is 2. The Hall–Kier alpha value is -1.92. The Morgan fingerprint density at radius 3 is 2.48 bits per heavy atom. The van der Waals surface area contributed by atoms with E-state index >= 15 is 0 Å². The topological polar surface area (TPSA) is 59.6 Å². The Morgan fingerprint density at radius 1 is 1.19 bits per heavy atom. The van der Waals surface area contributed by atoms with Crippen LogP contribution in [0, 0.1) is 0 Å². The van der Waals surface area contributed by atoms with Gasteiger partial charge in [0.1, 0.15) is 12.4 Å². The van der Waals surface area contributed by atoms with Crippen molar-refractivity contribution in [2.24, 2.45) is 10.8 Å². The fraction of sp³-hybridized carbons (Fsp3) is 0.0667. The first-order chi connectivity index (χ1) is 10.1. The highest BCUT2D eigenvalue weighted by atomic mass is 79.9. The molecule has 0 bridgehead atoms. The third-order valence-corrected chi connectivity index (χ3v) is 3.21. The first-order valence-electron chi connectivity index (χ1n) is 6.19. The summed E-state index contributed by atoms with van der Waals surface area (Å²) < 4.78 is 6.77. The molecule has 0 heterocycles. The lowest BCUT2D eigenvalue weighted by atomic mass is 10.2. The normalized spacial score (nSPS) is 10.5. The summed E-state index contributed by atoms with van der Waals surface area (Å²) >= 11 is 8.06. The van der Waals surface area contributed by atoms with Gasteiger partial charge in [0.2, 0.25) is 0 Å². The van der Waals surface area contributed by atoms with Gasteiger partial charge in [0.05, 0.1) is 6.21 Å². The first-order valence-corrected chi connectivity index (χ1v) is 7.39. The molecule has 0 radical (unpaired) electrons. The minimum Gasteiger partial charge on any atom is -0.489 e. The van der Waals surface area contributed by atoms with Gasteiger partial charge < -0.3 is 10.5 Å². The average molecular weight is 364 g/mol.